The van der Waals surface area contributed by atoms with Crippen LogP contribution in [-0.2, 0) is 20.7 Å². The van der Waals surface area contributed by atoms with Gasteiger partial charge in [-0.2, -0.15) is 0 Å². The Morgan fingerprint density at radius 2 is 1.70 bits per heavy atom. The maximum absolute atomic E-state index is 12.6. The molecule has 1 aromatic heterocycles. The molecule has 2 amide bonds. The Balaban J connectivity index is 1.44. The number of aliphatic carboxylic acids is 1. The second-order valence-corrected chi connectivity index (χ2v) is 8.73. The fourth-order valence-electron chi connectivity index (χ4n) is 3.91. The van der Waals surface area contributed by atoms with Crippen LogP contribution < -0.4 is 10.6 Å². The van der Waals surface area contributed by atoms with Crippen molar-refractivity contribution in [3.05, 3.63) is 76.2 Å². The van der Waals surface area contributed by atoms with Gasteiger partial charge in [0.1, 0.15) is 18.7 Å². The molecule has 1 aliphatic carbocycles. The van der Waals surface area contributed by atoms with Crippen LogP contribution >= 0.6 is 11.3 Å². The van der Waals surface area contributed by atoms with Gasteiger partial charge in [0.2, 0.25) is 5.91 Å². The molecule has 3 N–H and O–H groups in total. The van der Waals surface area contributed by atoms with Crippen LogP contribution in [0.4, 0.5) is 4.79 Å². The lowest BCUT2D eigenvalue weighted by atomic mass is 9.98. The first-order chi connectivity index (χ1) is 15.9. The second-order valence-electron chi connectivity index (χ2n) is 7.76. The zero-order chi connectivity index (χ0) is 23.4. The lowest BCUT2D eigenvalue weighted by molar-refractivity contribution is -0.141. The fraction of sp³-hybridized carbons (Fsp3) is 0.250. The summed E-state index contributed by atoms with van der Waals surface area (Å²) >= 11 is 1.34. The molecule has 33 heavy (non-hydrogen) atoms. The van der Waals surface area contributed by atoms with Gasteiger partial charge in [-0.25, -0.2) is 4.79 Å². The summed E-state index contributed by atoms with van der Waals surface area (Å²) < 4.78 is 5.53. The molecule has 0 spiro atoms. The van der Waals surface area contributed by atoms with Crippen LogP contribution in [0.5, 0.6) is 0 Å². The molecule has 2 aromatic carbocycles. The first-order valence-corrected chi connectivity index (χ1v) is 11.3. The lowest BCUT2D eigenvalue weighted by Crippen LogP contribution is -2.51. The van der Waals surface area contributed by atoms with Crippen LogP contribution in [0, 0.1) is 0 Å². The molecule has 4 rings (SSSR count). The third-order valence-corrected chi connectivity index (χ3v) is 6.37. The van der Waals surface area contributed by atoms with Crippen molar-refractivity contribution in [3.8, 4) is 11.1 Å². The van der Waals surface area contributed by atoms with E-state index < -0.39 is 30.1 Å². The van der Waals surface area contributed by atoms with Crippen molar-refractivity contribution in [2.75, 3.05) is 6.61 Å². The highest BCUT2D eigenvalue weighted by Crippen LogP contribution is 2.44. The number of carboxylic acid groups (broad SMARTS) is 1. The summed E-state index contributed by atoms with van der Waals surface area (Å²) in [6.07, 6.45) is 1.03. The van der Waals surface area contributed by atoms with E-state index in [0.717, 1.165) is 27.1 Å². The number of thiazole rings is 1. The monoisotopic (exact) mass is 465 g/mol. The largest absolute Gasteiger partial charge is 0.480 e. The molecule has 0 fully saturated rings. The number of rotatable bonds is 8. The van der Waals surface area contributed by atoms with Gasteiger partial charge in [-0.1, -0.05) is 48.5 Å². The number of alkyl carbamates (subject to hydrolysis) is 1. The molecule has 170 valence electrons. The van der Waals surface area contributed by atoms with Crippen molar-refractivity contribution in [1.82, 2.24) is 15.6 Å². The van der Waals surface area contributed by atoms with E-state index in [1.165, 1.54) is 18.3 Å². The first-order valence-electron chi connectivity index (χ1n) is 10.5. The summed E-state index contributed by atoms with van der Waals surface area (Å²) in [7, 11) is 0. The highest BCUT2D eigenvalue weighted by atomic mass is 32.1. The number of nitrogens with one attached hydrogen (secondary N) is 2. The minimum atomic E-state index is -1.17. The number of hydrogen-bond acceptors (Lipinski definition) is 6. The zero-order valence-corrected chi connectivity index (χ0v) is 18.7. The quantitative estimate of drug-likeness (QED) is 0.470. The Morgan fingerprint density at radius 1 is 1.06 bits per heavy atom. The molecule has 1 unspecified atom stereocenters. The molecular weight excluding hydrogens is 442 g/mol. The number of nitrogens with zero attached hydrogens (tertiary/aromatic N) is 1. The fourth-order valence-corrected chi connectivity index (χ4v) is 4.55. The summed E-state index contributed by atoms with van der Waals surface area (Å²) in [5, 5.41) is 14.1. The van der Waals surface area contributed by atoms with Crippen LogP contribution in [0.3, 0.4) is 0 Å². The summed E-state index contributed by atoms with van der Waals surface area (Å²) in [6, 6.07) is 13.9. The third kappa shape index (κ3) is 5.04. The summed E-state index contributed by atoms with van der Waals surface area (Å²) in [4.78, 5) is 41.2. The number of amides is 2. The van der Waals surface area contributed by atoms with Crippen molar-refractivity contribution in [2.24, 2.45) is 0 Å². The molecule has 0 aliphatic heterocycles. The van der Waals surface area contributed by atoms with Crippen LogP contribution in [0.1, 0.15) is 28.8 Å². The molecule has 1 heterocycles. The minimum absolute atomic E-state index is 0.107. The van der Waals surface area contributed by atoms with E-state index >= 15 is 0 Å². The molecule has 1 aliphatic rings. The van der Waals surface area contributed by atoms with E-state index in [1.54, 1.807) is 11.7 Å². The Hall–Kier alpha value is -3.72. The van der Waals surface area contributed by atoms with Crippen molar-refractivity contribution in [2.45, 2.75) is 31.3 Å². The first kappa shape index (κ1) is 22.5. The van der Waals surface area contributed by atoms with Crippen molar-refractivity contribution < 1.29 is 24.2 Å². The van der Waals surface area contributed by atoms with E-state index in [0.29, 0.717) is 0 Å². The number of aromatic nitrogens is 1. The van der Waals surface area contributed by atoms with E-state index in [-0.39, 0.29) is 18.9 Å². The molecule has 3 aromatic rings. The van der Waals surface area contributed by atoms with Gasteiger partial charge in [0.05, 0.1) is 5.51 Å². The predicted molar refractivity (Wildman–Crippen MR) is 123 cm³/mol. The number of benzene rings is 2. The van der Waals surface area contributed by atoms with E-state index in [1.807, 2.05) is 48.5 Å². The summed E-state index contributed by atoms with van der Waals surface area (Å²) in [5.74, 6) is -1.88. The molecule has 0 saturated heterocycles. The summed E-state index contributed by atoms with van der Waals surface area (Å²) in [5.41, 5.74) is 6.03. The maximum atomic E-state index is 12.6. The highest BCUT2D eigenvalue weighted by molar-refractivity contribution is 7.09. The van der Waals surface area contributed by atoms with Crippen LogP contribution in [-0.4, -0.2) is 46.8 Å². The summed E-state index contributed by atoms with van der Waals surface area (Å²) in [6.45, 7) is 1.47. The van der Waals surface area contributed by atoms with Crippen LogP contribution in [0.15, 0.2) is 60.2 Å². The van der Waals surface area contributed by atoms with Gasteiger partial charge in [-0.05, 0) is 29.2 Å². The van der Waals surface area contributed by atoms with E-state index in [4.69, 9.17) is 9.84 Å². The van der Waals surface area contributed by atoms with Crippen molar-refractivity contribution in [1.29, 1.82) is 0 Å². The molecule has 2 atom stereocenters. The average Bonchev–Trinajstić information content (AvgIpc) is 3.43. The second kappa shape index (κ2) is 9.83. The predicted octanol–water partition coefficient (Wildman–Crippen LogP) is 3.18. The van der Waals surface area contributed by atoms with Gasteiger partial charge in [0, 0.05) is 23.4 Å². The molecular formula is C24H23N3O5S. The number of hydrogen-bond donors (Lipinski definition) is 3. The SMILES string of the molecule is C[C@@H](NC(=O)C(Cc1cncs1)NC(=O)OCC1c2ccccc2-c2ccccc21)C(=O)O. The molecule has 0 saturated carbocycles. The smallest absolute Gasteiger partial charge is 0.407 e. The molecule has 8 nitrogen and oxygen atoms in total. The molecule has 0 bridgehead atoms. The number of carboxylic acids is 1. The van der Waals surface area contributed by atoms with Gasteiger partial charge < -0.3 is 20.5 Å². The van der Waals surface area contributed by atoms with Gasteiger partial charge >= 0.3 is 12.1 Å². The van der Waals surface area contributed by atoms with Gasteiger partial charge in [-0.3, -0.25) is 14.6 Å². The molecule has 0 radical (unpaired) electrons. The minimum Gasteiger partial charge on any atom is -0.480 e. The van der Waals surface area contributed by atoms with Gasteiger partial charge in [0.15, 0.2) is 0 Å². The third-order valence-electron chi connectivity index (χ3n) is 5.57. The number of carbonyl (C=O) groups excluding carboxylic acids is 2. The zero-order valence-electron chi connectivity index (χ0n) is 17.9. The average molecular weight is 466 g/mol. The number of carbonyl (C=O) groups is 3. The molecule has 9 heteroatoms. The van der Waals surface area contributed by atoms with Gasteiger partial charge in [-0.15, -0.1) is 11.3 Å². The van der Waals surface area contributed by atoms with Crippen molar-refractivity contribution in [3.63, 3.8) is 0 Å². The van der Waals surface area contributed by atoms with Crippen molar-refractivity contribution >= 4 is 29.3 Å². The Bertz CT molecular complexity index is 1120. The Kier molecular flexibility index (Phi) is 6.69. The number of ether oxygens (including phenoxy) is 1. The number of fused-ring (bicyclic) bond motifs is 3. The maximum Gasteiger partial charge on any atom is 0.407 e. The Morgan fingerprint density at radius 3 is 2.27 bits per heavy atom. The van der Waals surface area contributed by atoms with E-state index in [9.17, 15) is 14.4 Å². The highest BCUT2D eigenvalue weighted by Gasteiger charge is 2.30. The van der Waals surface area contributed by atoms with Crippen LogP contribution in [0.2, 0.25) is 0 Å². The normalized spacial score (nSPS) is 14.0. The van der Waals surface area contributed by atoms with Gasteiger partial charge in [0.25, 0.3) is 0 Å². The van der Waals surface area contributed by atoms with E-state index in [2.05, 4.69) is 15.6 Å². The topological polar surface area (TPSA) is 118 Å². The van der Waals surface area contributed by atoms with Crippen LogP contribution in [0.25, 0.3) is 11.1 Å². The Labute approximate surface area is 194 Å². The lowest BCUT2D eigenvalue weighted by Gasteiger charge is -2.20. The standard InChI is InChI=1S/C24H23N3O5S/c1-14(23(29)30)26-22(28)21(10-15-11-25-13-33-15)27-24(31)32-12-20-18-8-4-2-6-16(18)17-7-3-5-9-19(17)20/h2-9,11,13-14,20-21H,10,12H2,1H3,(H,26,28)(H,27,31)(H,29,30)/t14-,21?/m1/s1.